The first-order valence-electron chi connectivity index (χ1n) is 4.50. The second kappa shape index (κ2) is 7.17. The molecule has 0 aliphatic heterocycles. The molecule has 1 rings (SSSR count). The van der Waals surface area contributed by atoms with Crippen LogP contribution in [0.15, 0.2) is 4.34 Å². The van der Waals surface area contributed by atoms with Crippen molar-refractivity contribution in [3.8, 4) is 0 Å². The lowest BCUT2D eigenvalue weighted by molar-refractivity contribution is 0.103. The quantitative estimate of drug-likeness (QED) is 0.567. The van der Waals surface area contributed by atoms with E-state index in [9.17, 15) is 0 Å². The fourth-order valence-corrected chi connectivity index (χ4v) is 2.41. The standard InChI is InChI=1S/C8H14N2O2S2/c1-2-7-9-8(14-10-7)13-6-5-12-4-3-11/h11H,2-6H2,1H3. The first kappa shape index (κ1) is 11.9. The number of thioether (sulfide) groups is 1. The van der Waals surface area contributed by atoms with Crippen LogP contribution in [0.4, 0.5) is 0 Å². The molecule has 6 heteroatoms. The first-order valence-corrected chi connectivity index (χ1v) is 6.26. The maximum absolute atomic E-state index is 8.47. The van der Waals surface area contributed by atoms with Crippen LogP contribution in [-0.2, 0) is 11.2 Å². The van der Waals surface area contributed by atoms with Gasteiger partial charge in [0.25, 0.3) is 0 Å². The summed E-state index contributed by atoms with van der Waals surface area (Å²) in [5, 5.41) is 8.47. The van der Waals surface area contributed by atoms with E-state index in [4.69, 9.17) is 9.84 Å². The zero-order valence-corrected chi connectivity index (χ0v) is 9.73. The molecule has 0 saturated carbocycles. The predicted octanol–water partition coefficient (Wildman–Crippen LogP) is 1.20. The molecule has 0 atom stereocenters. The molecular weight excluding hydrogens is 220 g/mol. The third-order valence-corrected chi connectivity index (χ3v) is 3.29. The van der Waals surface area contributed by atoms with Crippen LogP contribution < -0.4 is 0 Å². The number of rotatable bonds is 7. The van der Waals surface area contributed by atoms with Gasteiger partial charge in [-0.15, -0.1) is 0 Å². The Labute approximate surface area is 91.9 Å². The smallest absolute Gasteiger partial charge is 0.170 e. The van der Waals surface area contributed by atoms with E-state index in [1.807, 2.05) is 6.92 Å². The Balaban J connectivity index is 2.12. The molecule has 0 unspecified atom stereocenters. The van der Waals surface area contributed by atoms with Crippen LogP contribution in [-0.4, -0.2) is 40.0 Å². The number of aliphatic hydroxyl groups is 1. The average Bonchev–Trinajstić information content (AvgIpc) is 2.65. The van der Waals surface area contributed by atoms with Crippen LogP contribution >= 0.6 is 23.3 Å². The zero-order valence-electron chi connectivity index (χ0n) is 8.10. The van der Waals surface area contributed by atoms with E-state index in [0.29, 0.717) is 13.2 Å². The second-order valence-electron chi connectivity index (χ2n) is 2.51. The van der Waals surface area contributed by atoms with Crippen molar-refractivity contribution >= 4 is 23.3 Å². The second-order valence-corrected chi connectivity index (χ2v) is 4.61. The number of hydrogen-bond donors (Lipinski definition) is 1. The molecule has 0 aliphatic rings. The molecule has 0 aliphatic carbocycles. The van der Waals surface area contributed by atoms with Gasteiger partial charge in [-0.2, -0.15) is 4.37 Å². The Morgan fingerprint density at radius 2 is 2.36 bits per heavy atom. The summed E-state index contributed by atoms with van der Waals surface area (Å²) in [6.45, 7) is 3.19. The van der Waals surface area contributed by atoms with Crippen molar-refractivity contribution in [2.24, 2.45) is 0 Å². The van der Waals surface area contributed by atoms with Gasteiger partial charge in [0.1, 0.15) is 5.82 Å². The number of aromatic nitrogens is 2. The van der Waals surface area contributed by atoms with Gasteiger partial charge in [0, 0.05) is 12.2 Å². The van der Waals surface area contributed by atoms with Crippen LogP contribution in [0.5, 0.6) is 0 Å². The molecule has 0 radical (unpaired) electrons. The van der Waals surface area contributed by atoms with Gasteiger partial charge in [0.2, 0.25) is 0 Å². The van der Waals surface area contributed by atoms with Crippen LogP contribution in [0.25, 0.3) is 0 Å². The van der Waals surface area contributed by atoms with Crippen molar-refractivity contribution in [2.45, 2.75) is 17.7 Å². The Morgan fingerprint density at radius 3 is 3.00 bits per heavy atom. The monoisotopic (exact) mass is 234 g/mol. The molecule has 14 heavy (non-hydrogen) atoms. The van der Waals surface area contributed by atoms with Gasteiger partial charge in [-0.1, -0.05) is 18.7 Å². The summed E-state index contributed by atoms with van der Waals surface area (Å²) >= 11 is 3.08. The number of aryl methyl sites for hydroxylation is 1. The van der Waals surface area contributed by atoms with E-state index >= 15 is 0 Å². The van der Waals surface area contributed by atoms with E-state index in [1.165, 1.54) is 11.5 Å². The summed E-state index contributed by atoms with van der Waals surface area (Å²) in [5.74, 6) is 1.77. The first-order chi connectivity index (χ1) is 6.86. The normalized spacial score (nSPS) is 10.7. The maximum Gasteiger partial charge on any atom is 0.170 e. The molecular formula is C8H14N2O2S2. The summed E-state index contributed by atoms with van der Waals surface area (Å²) in [6, 6.07) is 0. The van der Waals surface area contributed by atoms with Crippen molar-refractivity contribution in [1.82, 2.24) is 9.36 Å². The van der Waals surface area contributed by atoms with Gasteiger partial charge in [0.15, 0.2) is 4.34 Å². The summed E-state index contributed by atoms with van der Waals surface area (Å²) in [6.07, 6.45) is 0.887. The molecule has 0 fully saturated rings. The Hall–Kier alpha value is -0.170. The number of ether oxygens (including phenoxy) is 1. The molecule has 0 bridgehead atoms. The number of aliphatic hydroxyl groups excluding tert-OH is 1. The van der Waals surface area contributed by atoms with Gasteiger partial charge in [-0.3, -0.25) is 0 Å². The van der Waals surface area contributed by atoms with Gasteiger partial charge < -0.3 is 9.84 Å². The summed E-state index contributed by atoms with van der Waals surface area (Å²) in [7, 11) is 0. The lowest BCUT2D eigenvalue weighted by Gasteiger charge is -1.98. The SMILES string of the molecule is CCc1nsc(SCCOCCO)n1. The molecule has 0 amide bonds. The maximum atomic E-state index is 8.47. The molecule has 0 aromatic carbocycles. The van der Waals surface area contributed by atoms with Gasteiger partial charge in [-0.25, -0.2) is 4.98 Å². The average molecular weight is 234 g/mol. The lowest BCUT2D eigenvalue weighted by atomic mass is 10.5. The van der Waals surface area contributed by atoms with E-state index in [-0.39, 0.29) is 6.61 Å². The van der Waals surface area contributed by atoms with E-state index in [1.54, 1.807) is 11.8 Å². The minimum absolute atomic E-state index is 0.0868. The third kappa shape index (κ3) is 4.36. The van der Waals surface area contributed by atoms with Crippen LogP contribution in [0.3, 0.4) is 0 Å². The van der Waals surface area contributed by atoms with Gasteiger partial charge in [-0.05, 0) is 11.5 Å². The van der Waals surface area contributed by atoms with Crippen LogP contribution in [0, 0.1) is 0 Å². The van der Waals surface area contributed by atoms with Crippen LogP contribution in [0.1, 0.15) is 12.7 Å². The highest BCUT2D eigenvalue weighted by Crippen LogP contribution is 2.19. The highest BCUT2D eigenvalue weighted by molar-refractivity contribution is 8.00. The fraction of sp³-hybridized carbons (Fsp3) is 0.750. The van der Waals surface area contributed by atoms with E-state index in [2.05, 4.69) is 9.36 Å². The van der Waals surface area contributed by atoms with E-state index in [0.717, 1.165) is 22.3 Å². The minimum atomic E-state index is 0.0868. The lowest BCUT2D eigenvalue weighted by Crippen LogP contribution is -2.02. The molecule has 1 N–H and O–H groups in total. The van der Waals surface area contributed by atoms with Crippen molar-refractivity contribution in [3.05, 3.63) is 5.82 Å². The van der Waals surface area contributed by atoms with Gasteiger partial charge >= 0.3 is 0 Å². The van der Waals surface area contributed by atoms with E-state index < -0.39 is 0 Å². The molecule has 4 nitrogen and oxygen atoms in total. The molecule has 0 saturated heterocycles. The van der Waals surface area contributed by atoms with Crippen LogP contribution in [0.2, 0.25) is 0 Å². The summed E-state index contributed by atoms with van der Waals surface area (Å²) in [5.41, 5.74) is 0. The highest BCUT2D eigenvalue weighted by atomic mass is 32.2. The third-order valence-electron chi connectivity index (χ3n) is 1.45. The summed E-state index contributed by atoms with van der Waals surface area (Å²) < 4.78 is 10.3. The largest absolute Gasteiger partial charge is 0.394 e. The van der Waals surface area contributed by atoms with Crippen molar-refractivity contribution in [2.75, 3.05) is 25.6 Å². The van der Waals surface area contributed by atoms with Gasteiger partial charge in [0.05, 0.1) is 19.8 Å². The predicted molar refractivity (Wildman–Crippen MR) is 57.9 cm³/mol. The van der Waals surface area contributed by atoms with Crippen molar-refractivity contribution < 1.29 is 9.84 Å². The minimum Gasteiger partial charge on any atom is -0.394 e. The molecule has 1 aromatic heterocycles. The number of nitrogens with zero attached hydrogens (tertiary/aromatic N) is 2. The Bertz CT molecular complexity index is 255. The number of hydrogen-bond acceptors (Lipinski definition) is 6. The highest BCUT2D eigenvalue weighted by Gasteiger charge is 2.01. The Kier molecular flexibility index (Phi) is 6.09. The van der Waals surface area contributed by atoms with Crippen molar-refractivity contribution in [1.29, 1.82) is 0 Å². The fourth-order valence-electron chi connectivity index (χ4n) is 0.795. The summed E-state index contributed by atoms with van der Waals surface area (Å²) in [4.78, 5) is 4.31. The molecule has 80 valence electrons. The molecule has 0 spiro atoms. The topological polar surface area (TPSA) is 55.2 Å². The molecule has 1 aromatic rings. The van der Waals surface area contributed by atoms with Crippen molar-refractivity contribution in [3.63, 3.8) is 0 Å². The Morgan fingerprint density at radius 1 is 1.50 bits per heavy atom. The molecule has 1 heterocycles. The zero-order chi connectivity index (χ0) is 10.2.